The molecular weight excluding hydrogens is 204 g/mol. The highest BCUT2D eigenvalue weighted by Gasteiger charge is 2.31. The summed E-state index contributed by atoms with van der Waals surface area (Å²) >= 11 is 0. The number of hydrogen-bond acceptors (Lipinski definition) is 0. The molecule has 0 nitrogen and oxygen atoms in total. The van der Waals surface area contributed by atoms with Crippen LogP contribution >= 0.6 is 0 Å². The summed E-state index contributed by atoms with van der Waals surface area (Å²) in [5.41, 5.74) is 1.82. The summed E-state index contributed by atoms with van der Waals surface area (Å²) in [4.78, 5) is 0. The lowest BCUT2D eigenvalue weighted by molar-refractivity contribution is 0.603. The van der Waals surface area contributed by atoms with Crippen LogP contribution in [0.5, 0.6) is 0 Å². The Balaban J connectivity index is 1.49. The maximum atomic E-state index is 2.60. The molecule has 2 atom stereocenters. The minimum atomic E-state index is 0.976. The molecule has 0 heterocycles. The van der Waals surface area contributed by atoms with E-state index >= 15 is 0 Å². The Labute approximate surface area is 107 Å². The first-order chi connectivity index (χ1) is 8.40. The topological polar surface area (TPSA) is 0 Å². The first-order valence-corrected chi connectivity index (χ1v) is 7.75. The van der Waals surface area contributed by atoms with Crippen LogP contribution in [0, 0.1) is 11.8 Å². The molecule has 0 radical (unpaired) electrons. The van der Waals surface area contributed by atoms with E-state index in [9.17, 15) is 0 Å². The summed E-state index contributed by atoms with van der Waals surface area (Å²) < 4.78 is 0. The Kier molecular flexibility index (Phi) is 5.35. The monoisotopic (exact) mass is 232 g/mol. The van der Waals surface area contributed by atoms with E-state index in [1.165, 1.54) is 64.2 Å². The van der Waals surface area contributed by atoms with E-state index in [2.05, 4.69) is 25.2 Å². The fourth-order valence-corrected chi connectivity index (χ4v) is 3.38. The van der Waals surface area contributed by atoms with Gasteiger partial charge in [-0.05, 0) is 63.2 Å². The van der Waals surface area contributed by atoms with Crippen LogP contribution in [-0.4, -0.2) is 0 Å². The van der Waals surface area contributed by atoms with Crippen LogP contribution in [0.3, 0.4) is 0 Å². The van der Waals surface area contributed by atoms with Crippen molar-refractivity contribution in [3.63, 3.8) is 0 Å². The molecule has 0 aromatic heterocycles. The molecule has 17 heavy (non-hydrogen) atoms. The van der Waals surface area contributed by atoms with Gasteiger partial charge in [-0.25, -0.2) is 0 Å². The largest absolute Gasteiger partial charge is 0.0885 e. The van der Waals surface area contributed by atoms with Crippen molar-refractivity contribution < 1.29 is 0 Å². The zero-order valence-electron chi connectivity index (χ0n) is 11.5. The van der Waals surface area contributed by atoms with Gasteiger partial charge in [-0.2, -0.15) is 0 Å². The Hall–Kier alpha value is -0.520. The van der Waals surface area contributed by atoms with E-state index < -0.39 is 0 Å². The predicted octanol–water partition coefficient (Wildman–Crippen LogP) is 5.65. The van der Waals surface area contributed by atoms with Crippen LogP contribution in [0.2, 0.25) is 0 Å². The smallest absolute Gasteiger partial charge is 0.0197 e. The fourth-order valence-electron chi connectivity index (χ4n) is 3.38. The zero-order valence-corrected chi connectivity index (χ0v) is 11.5. The van der Waals surface area contributed by atoms with Gasteiger partial charge in [0.25, 0.3) is 0 Å². The standard InChI is InChI=1S/C17H28/c1-2-3-4-5-6-7-8-9-10-16-13-15-11-12-17(16)14-15/h5-6,13,15,17H,2-4,7-12,14H2,1H3. The lowest BCUT2D eigenvalue weighted by Crippen LogP contribution is -1.97. The van der Waals surface area contributed by atoms with Crippen molar-refractivity contribution in [2.45, 2.75) is 71.1 Å². The molecule has 0 N–H and O–H groups in total. The van der Waals surface area contributed by atoms with Crippen LogP contribution < -0.4 is 0 Å². The number of unbranched alkanes of at least 4 members (excludes halogenated alkanes) is 4. The van der Waals surface area contributed by atoms with E-state index in [-0.39, 0.29) is 0 Å². The van der Waals surface area contributed by atoms with Crippen molar-refractivity contribution in [3.8, 4) is 0 Å². The third-order valence-corrected chi connectivity index (χ3v) is 4.42. The first-order valence-electron chi connectivity index (χ1n) is 7.75. The molecule has 0 aromatic rings. The summed E-state index contributed by atoms with van der Waals surface area (Å²) in [6, 6.07) is 0. The van der Waals surface area contributed by atoms with Gasteiger partial charge in [0, 0.05) is 0 Å². The molecule has 2 aliphatic carbocycles. The van der Waals surface area contributed by atoms with Crippen LogP contribution in [0.4, 0.5) is 0 Å². The van der Waals surface area contributed by atoms with E-state index in [1.54, 1.807) is 0 Å². The molecule has 1 fully saturated rings. The SMILES string of the molecule is CCCCC=CCCCCC1=CC2CCC1C2. The molecular formula is C17H28. The van der Waals surface area contributed by atoms with E-state index in [0.717, 1.165) is 11.8 Å². The van der Waals surface area contributed by atoms with E-state index in [4.69, 9.17) is 0 Å². The summed E-state index contributed by atoms with van der Waals surface area (Å²) in [5.74, 6) is 1.98. The second kappa shape index (κ2) is 7.03. The quantitative estimate of drug-likeness (QED) is 0.375. The minimum Gasteiger partial charge on any atom is -0.0885 e. The highest BCUT2D eigenvalue weighted by Crippen LogP contribution is 2.45. The third-order valence-electron chi connectivity index (χ3n) is 4.42. The molecule has 2 unspecified atom stereocenters. The van der Waals surface area contributed by atoms with Gasteiger partial charge in [-0.15, -0.1) is 0 Å². The van der Waals surface area contributed by atoms with Crippen LogP contribution in [0.25, 0.3) is 0 Å². The molecule has 0 heteroatoms. The average Bonchev–Trinajstić information content (AvgIpc) is 2.94. The number of allylic oxidation sites excluding steroid dienone is 4. The Morgan fingerprint density at radius 3 is 2.59 bits per heavy atom. The maximum absolute atomic E-state index is 2.60. The summed E-state index contributed by atoms with van der Waals surface area (Å²) in [6.07, 6.45) is 21.3. The van der Waals surface area contributed by atoms with Crippen molar-refractivity contribution in [2.24, 2.45) is 11.8 Å². The second-order valence-electron chi connectivity index (χ2n) is 5.87. The highest BCUT2D eigenvalue weighted by molar-refractivity contribution is 5.19. The Morgan fingerprint density at radius 2 is 1.94 bits per heavy atom. The van der Waals surface area contributed by atoms with Gasteiger partial charge in [0.2, 0.25) is 0 Å². The van der Waals surface area contributed by atoms with E-state index in [1.807, 2.05) is 5.57 Å². The van der Waals surface area contributed by atoms with Crippen LogP contribution in [0.1, 0.15) is 71.1 Å². The molecule has 2 aliphatic rings. The van der Waals surface area contributed by atoms with Crippen LogP contribution in [0.15, 0.2) is 23.8 Å². The van der Waals surface area contributed by atoms with Gasteiger partial charge in [0.05, 0.1) is 0 Å². The average molecular weight is 232 g/mol. The molecule has 0 amide bonds. The third kappa shape index (κ3) is 4.01. The van der Waals surface area contributed by atoms with Gasteiger partial charge in [-0.3, -0.25) is 0 Å². The minimum absolute atomic E-state index is 0.976. The summed E-state index contributed by atoms with van der Waals surface area (Å²) in [7, 11) is 0. The first kappa shape index (κ1) is 12.9. The number of rotatable bonds is 8. The van der Waals surface area contributed by atoms with Gasteiger partial charge in [0.1, 0.15) is 0 Å². The normalized spacial score (nSPS) is 27.0. The van der Waals surface area contributed by atoms with Gasteiger partial charge in [-0.1, -0.05) is 43.6 Å². The predicted molar refractivity (Wildman–Crippen MR) is 76.0 cm³/mol. The van der Waals surface area contributed by atoms with Crippen molar-refractivity contribution in [3.05, 3.63) is 23.8 Å². The number of fused-ring (bicyclic) bond motifs is 2. The molecule has 0 aromatic carbocycles. The molecule has 2 bridgehead atoms. The summed E-state index contributed by atoms with van der Waals surface area (Å²) in [6.45, 7) is 2.26. The zero-order chi connectivity index (χ0) is 11.9. The van der Waals surface area contributed by atoms with Gasteiger partial charge < -0.3 is 0 Å². The van der Waals surface area contributed by atoms with Crippen LogP contribution in [-0.2, 0) is 0 Å². The van der Waals surface area contributed by atoms with Crippen molar-refractivity contribution in [1.29, 1.82) is 0 Å². The molecule has 1 saturated carbocycles. The number of hydrogen-bond donors (Lipinski definition) is 0. The molecule has 2 rings (SSSR count). The lowest BCUT2D eigenvalue weighted by Gasteiger charge is -2.12. The molecule has 0 spiro atoms. The van der Waals surface area contributed by atoms with Gasteiger partial charge >= 0.3 is 0 Å². The summed E-state index contributed by atoms with van der Waals surface area (Å²) in [5, 5.41) is 0. The maximum Gasteiger partial charge on any atom is -0.0197 e. The molecule has 96 valence electrons. The lowest BCUT2D eigenvalue weighted by atomic mass is 9.94. The van der Waals surface area contributed by atoms with Crippen molar-refractivity contribution in [1.82, 2.24) is 0 Å². The van der Waals surface area contributed by atoms with Crippen molar-refractivity contribution in [2.75, 3.05) is 0 Å². The van der Waals surface area contributed by atoms with E-state index in [0.29, 0.717) is 0 Å². The van der Waals surface area contributed by atoms with Gasteiger partial charge in [0.15, 0.2) is 0 Å². The second-order valence-corrected chi connectivity index (χ2v) is 5.87. The fraction of sp³-hybridized carbons (Fsp3) is 0.765. The molecule has 0 saturated heterocycles. The Morgan fingerprint density at radius 1 is 1.12 bits per heavy atom. The molecule has 0 aliphatic heterocycles. The highest BCUT2D eigenvalue weighted by atomic mass is 14.4. The Bertz CT molecular complexity index is 272. The van der Waals surface area contributed by atoms with Crippen molar-refractivity contribution >= 4 is 0 Å².